The molecule has 1 fully saturated rings. The first kappa shape index (κ1) is 12.9. The highest BCUT2D eigenvalue weighted by molar-refractivity contribution is 5.41. The van der Waals surface area contributed by atoms with Gasteiger partial charge in [0.2, 0.25) is 0 Å². The van der Waals surface area contributed by atoms with Crippen LogP contribution in [0.15, 0.2) is 18.2 Å². The second-order valence-electron chi connectivity index (χ2n) is 6.04. The molecule has 3 rings (SSSR count). The van der Waals surface area contributed by atoms with E-state index in [2.05, 4.69) is 30.0 Å². The maximum Gasteiger partial charge on any atom is 0.119 e. The Kier molecular flexibility index (Phi) is 3.50. The molecule has 2 aliphatic rings. The lowest BCUT2D eigenvalue weighted by Crippen LogP contribution is -2.48. The van der Waals surface area contributed by atoms with Crippen molar-refractivity contribution in [2.45, 2.75) is 38.3 Å². The molecule has 0 saturated carbocycles. The fourth-order valence-electron chi connectivity index (χ4n) is 3.47. The molecule has 0 amide bonds. The van der Waals surface area contributed by atoms with Gasteiger partial charge in [-0.1, -0.05) is 13.0 Å². The number of nitrogens with zero attached hydrogens (tertiary/aromatic N) is 1. The highest BCUT2D eigenvalue weighted by Crippen LogP contribution is 2.39. The Balaban J connectivity index is 1.81. The molecule has 19 heavy (non-hydrogen) atoms. The van der Waals surface area contributed by atoms with Gasteiger partial charge in [0.25, 0.3) is 0 Å². The topological polar surface area (TPSA) is 38.5 Å². The normalized spacial score (nSPS) is 31.2. The van der Waals surface area contributed by atoms with Crippen LogP contribution in [0.3, 0.4) is 0 Å². The van der Waals surface area contributed by atoms with Crippen LogP contribution in [0, 0.1) is 5.92 Å². The number of rotatable bonds is 2. The SMILES string of the molecule is COc1ccc2c(c1)C(N1CCC(C)C(N)C1)CC2. The van der Waals surface area contributed by atoms with Crippen LogP contribution in [-0.2, 0) is 6.42 Å². The van der Waals surface area contributed by atoms with Crippen molar-refractivity contribution in [3.8, 4) is 5.75 Å². The summed E-state index contributed by atoms with van der Waals surface area (Å²) in [4.78, 5) is 2.58. The number of hydrogen-bond acceptors (Lipinski definition) is 3. The molecule has 3 nitrogen and oxygen atoms in total. The smallest absolute Gasteiger partial charge is 0.119 e. The van der Waals surface area contributed by atoms with Gasteiger partial charge in [0.05, 0.1) is 7.11 Å². The predicted octanol–water partition coefficient (Wildman–Crippen LogP) is 2.35. The van der Waals surface area contributed by atoms with E-state index in [9.17, 15) is 0 Å². The van der Waals surface area contributed by atoms with Crippen molar-refractivity contribution in [2.75, 3.05) is 20.2 Å². The monoisotopic (exact) mass is 260 g/mol. The van der Waals surface area contributed by atoms with E-state index >= 15 is 0 Å². The summed E-state index contributed by atoms with van der Waals surface area (Å²) in [7, 11) is 1.74. The Bertz CT molecular complexity index is 460. The number of likely N-dealkylation sites (tertiary alicyclic amines) is 1. The number of methoxy groups -OCH3 is 1. The van der Waals surface area contributed by atoms with Gasteiger partial charge in [-0.2, -0.15) is 0 Å². The molecule has 0 spiro atoms. The Morgan fingerprint density at radius 3 is 2.89 bits per heavy atom. The summed E-state index contributed by atoms with van der Waals surface area (Å²) in [6.07, 6.45) is 3.63. The highest BCUT2D eigenvalue weighted by Gasteiger charge is 2.32. The van der Waals surface area contributed by atoms with Gasteiger partial charge in [0.1, 0.15) is 5.75 Å². The van der Waals surface area contributed by atoms with Gasteiger partial charge in [0, 0.05) is 18.6 Å². The standard InChI is InChI=1S/C16H24N2O/c1-11-7-8-18(10-15(11)17)16-6-4-12-3-5-13(19-2)9-14(12)16/h3,5,9,11,15-16H,4,6-8,10,17H2,1-2H3. The van der Waals surface area contributed by atoms with E-state index < -0.39 is 0 Å². The van der Waals surface area contributed by atoms with Gasteiger partial charge in [-0.25, -0.2) is 0 Å². The molecular weight excluding hydrogens is 236 g/mol. The first-order chi connectivity index (χ1) is 9.19. The van der Waals surface area contributed by atoms with Crippen molar-refractivity contribution in [1.29, 1.82) is 0 Å². The minimum atomic E-state index is 0.323. The summed E-state index contributed by atoms with van der Waals surface area (Å²) in [6, 6.07) is 7.38. The lowest BCUT2D eigenvalue weighted by atomic mass is 9.92. The highest BCUT2D eigenvalue weighted by atomic mass is 16.5. The van der Waals surface area contributed by atoms with E-state index in [1.54, 1.807) is 7.11 Å². The van der Waals surface area contributed by atoms with Crippen LogP contribution >= 0.6 is 0 Å². The fraction of sp³-hybridized carbons (Fsp3) is 0.625. The molecular formula is C16H24N2O. The summed E-state index contributed by atoms with van der Waals surface area (Å²) in [5.74, 6) is 1.63. The third-order valence-electron chi connectivity index (χ3n) is 4.89. The zero-order valence-electron chi connectivity index (χ0n) is 11.9. The minimum Gasteiger partial charge on any atom is -0.497 e. The number of hydrogen-bond donors (Lipinski definition) is 1. The van der Waals surface area contributed by atoms with E-state index in [0.717, 1.165) is 12.3 Å². The average molecular weight is 260 g/mol. The molecule has 1 aromatic carbocycles. The van der Waals surface area contributed by atoms with Crippen molar-refractivity contribution in [3.63, 3.8) is 0 Å². The molecule has 104 valence electrons. The molecule has 1 heterocycles. The van der Waals surface area contributed by atoms with Crippen LogP contribution in [0.5, 0.6) is 5.75 Å². The Labute approximate surface area is 115 Å². The number of piperidine rings is 1. The van der Waals surface area contributed by atoms with Crippen LogP contribution in [-0.4, -0.2) is 31.1 Å². The molecule has 0 radical (unpaired) electrons. The molecule has 3 atom stereocenters. The third-order valence-corrected chi connectivity index (χ3v) is 4.89. The van der Waals surface area contributed by atoms with Crippen LogP contribution in [0.25, 0.3) is 0 Å². The van der Waals surface area contributed by atoms with Crippen molar-refractivity contribution < 1.29 is 4.74 Å². The fourth-order valence-corrected chi connectivity index (χ4v) is 3.47. The predicted molar refractivity (Wildman–Crippen MR) is 77.4 cm³/mol. The lowest BCUT2D eigenvalue weighted by Gasteiger charge is -2.39. The average Bonchev–Trinajstić information content (AvgIpc) is 2.84. The van der Waals surface area contributed by atoms with Gasteiger partial charge in [-0.3, -0.25) is 4.90 Å². The third kappa shape index (κ3) is 2.37. The zero-order valence-corrected chi connectivity index (χ0v) is 11.9. The van der Waals surface area contributed by atoms with E-state index in [-0.39, 0.29) is 0 Å². The first-order valence-electron chi connectivity index (χ1n) is 7.35. The molecule has 2 N–H and O–H groups in total. The molecule has 1 aliphatic carbocycles. The van der Waals surface area contributed by atoms with Crippen LogP contribution in [0.4, 0.5) is 0 Å². The largest absolute Gasteiger partial charge is 0.497 e. The van der Waals surface area contributed by atoms with Gasteiger partial charge in [-0.05, 0) is 55.0 Å². The number of aryl methyl sites for hydroxylation is 1. The quantitative estimate of drug-likeness (QED) is 0.887. The van der Waals surface area contributed by atoms with E-state index in [4.69, 9.17) is 10.5 Å². The molecule has 1 aliphatic heterocycles. The van der Waals surface area contributed by atoms with Gasteiger partial charge >= 0.3 is 0 Å². The minimum absolute atomic E-state index is 0.323. The maximum atomic E-state index is 6.25. The van der Waals surface area contributed by atoms with E-state index in [0.29, 0.717) is 18.0 Å². The molecule has 3 unspecified atom stereocenters. The molecule has 3 heteroatoms. The molecule has 0 aromatic heterocycles. The molecule has 1 aromatic rings. The summed E-state index contributed by atoms with van der Waals surface area (Å²) in [5, 5.41) is 0. The van der Waals surface area contributed by atoms with Crippen LogP contribution < -0.4 is 10.5 Å². The summed E-state index contributed by atoms with van der Waals surface area (Å²) >= 11 is 0. The number of ether oxygens (including phenoxy) is 1. The Morgan fingerprint density at radius 2 is 2.16 bits per heavy atom. The molecule has 1 saturated heterocycles. The Hall–Kier alpha value is -1.06. The Morgan fingerprint density at radius 1 is 1.32 bits per heavy atom. The van der Waals surface area contributed by atoms with Crippen LogP contribution in [0.1, 0.15) is 36.9 Å². The summed E-state index contributed by atoms with van der Waals surface area (Å²) < 4.78 is 5.37. The lowest BCUT2D eigenvalue weighted by molar-refractivity contribution is 0.120. The van der Waals surface area contributed by atoms with Crippen molar-refractivity contribution in [2.24, 2.45) is 11.7 Å². The van der Waals surface area contributed by atoms with Crippen molar-refractivity contribution >= 4 is 0 Å². The number of nitrogens with two attached hydrogens (primary N) is 1. The summed E-state index contributed by atoms with van der Waals surface area (Å²) in [5.41, 5.74) is 9.19. The van der Waals surface area contributed by atoms with Gasteiger partial charge in [0.15, 0.2) is 0 Å². The second-order valence-corrected chi connectivity index (χ2v) is 6.04. The van der Waals surface area contributed by atoms with Crippen LogP contribution in [0.2, 0.25) is 0 Å². The van der Waals surface area contributed by atoms with E-state index in [1.807, 2.05) is 0 Å². The first-order valence-corrected chi connectivity index (χ1v) is 7.35. The molecule has 0 bridgehead atoms. The van der Waals surface area contributed by atoms with Gasteiger partial charge < -0.3 is 10.5 Å². The second kappa shape index (κ2) is 5.14. The van der Waals surface area contributed by atoms with Gasteiger partial charge in [-0.15, -0.1) is 0 Å². The number of fused-ring (bicyclic) bond motifs is 1. The summed E-state index contributed by atoms with van der Waals surface area (Å²) in [6.45, 7) is 4.48. The zero-order chi connectivity index (χ0) is 13.4. The van der Waals surface area contributed by atoms with Crippen molar-refractivity contribution in [1.82, 2.24) is 4.90 Å². The number of benzene rings is 1. The van der Waals surface area contributed by atoms with E-state index in [1.165, 1.54) is 36.9 Å². The maximum absolute atomic E-state index is 6.25. The van der Waals surface area contributed by atoms with Crippen molar-refractivity contribution in [3.05, 3.63) is 29.3 Å².